The molecule has 0 aliphatic rings. The fourth-order valence-corrected chi connectivity index (χ4v) is 5.78. The zero-order valence-corrected chi connectivity index (χ0v) is 30.8. The van der Waals surface area contributed by atoms with E-state index in [0.717, 1.165) is 63.8 Å². The highest BCUT2D eigenvalue weighted by atomic mass is 16.5. The van der Waals surface area contributed by atoms with Crippen LogP contribution in [0.15, 0.2) is 0 Å². The number of rotatable bonds is 31. The van der Waals surface area contributed by atoms with Gasteiger partial charge in [0.05, 0.1) is 19.0 Å². The van der Waals surface area contributed by atoms with Gasteiger partial charge in [0.2, 0.25) is 5.91 Å². The molecule has 0 aromatic heterocycles. The Morgan fingerprint density at radius 2 is 1.09 bits per heavy atom. The van der Waals surface area contributed by atoms with Gasteiger partial charge < -0.3 is 19.3 Å². The Hall–Kier alpha value is -1.63. The van der Waals surface area contributed by atoms with Crippen molar-refractivity contribution in [3.8, 4) is 0 Å². The van der Waals surface area contributed by atoms with Crippen molar-refractivity contribution in [3.63, 3.8) is 0 Å². The number of unbranched alkanes of at least 4 members (excludes halogenated alkanes) is 11. The van der Waals surface area contributed by atoms with Crippen LogP contribution in [0.5, 0.6) is 0 Å². The summed E-state index contributed by atoms with van der Waals surface area (Å²) in [4.78, 5) is 42.6. The van der Waals surface area contributed by atoms with Gasteiger partial charge in [-0.3, -0.25) is 14.4 Å². The van der Waals surface area contributed by atoms with Gasteiger partial charge in [0.1, 0.15) is 13.2 Å². The van der Waals surface area contributed by atoms with E-state index < -0.39 is 0 Å². The van der Waals surface area contributed by atoms with Crippen molar-refractivity contribution in [1.29, 1.82) is 0 Å². The van der Waals surface area contributed by atoms with E-state index in [-0.39, 0.29) is 37.0 Å². The first-order valence-electron chi connectivity index (χ1n) is 18.9. The maximum atomic E-state index is 13.2. The molecular formula is C38H74N2O5. The topological polar surface area (TPSA) is 76.1 Å². The Morgan fingerprint density at radius 3 is 1.67 bits per heavy atom. The summed E-state index contributed by atoms with van der Waals surface area (Å²) in [5, 5.41) is 0. The van der Waals surface area contributed by atoms with Gasteiger partial charge in [0.15, 0.2) is 0 Å². The highest BCUT2D eigenvalue weighted by Gasteiger charge is 2.21. The van der Waals surface area contributed by atoms with Crippen LogP contribution in [0.2, 0.25) is 0 Å². The van der Waals surface area contributed by atoms with Crippen molar-refractivity contribution in [2.24, 2.45) is 17.8 Å². The molecule has 0 heterocycles. The van der Waals surface area contributed by atoms with Crippen LogP contribution in [0.3, 0.4) is 0 Å². The number of amides is 1. The lowest BCUT2D eigenvalue weighted by molar-refractivity contribution is -0.151. The molecule has 266 valence electrons. The lowest BCUT2D eigenvalue weighted by atomic mass is 9.94. The van der Waals surface area contributed by atoms with E-state index in [1.54, 1.807) is 4.90 Å². The third kappa shape index (κ3) is 27.2. The molecule has 7 heteroatoms. The van der Waals surface area contributed by atoms with E-state index in [2.05, 4.69) is 46.4 Å². The second kappa shape index (κ2) is 29.8. The molecule has 0 N–H and O–H groups in total. The van der Waals surface area contributed by atoms with Gasteiger partial charge in [-0.15, -0.1) is 0 Å². The molecule has 0 radical (unpaired) electrons. The number of carbonyl (C=O) groups is 3. The number of hydrogen-bond acceptors (Lipinski definition) is 6. The third-order valence-electron chi connectivity index (χ3n) is 8.52. The molecule has 1 unspecified atom stereocenters. The van der Waals surface area contributed by atoms with Crippen LogP contribution in [0.4, 0.5) is 0 Å². The fraction of sp³-hybridized carbons (Fsp3) is 0.921. The number of esters is 2. The summed E-state index contributed by atoms with van der Waals surface area (Å²) in [7, 11) is 2.04. The van der Waals surface area contributed by atoms with Crippen LogP contribution in [-0.2, 0) is 23.9 Å². The summed E-state index contributed by atoms with van der Waals surface area (Å²) in [6, 6.07) is 0. The number of ether oxygens (including phenoxy) is 2. The summed E-state index contributed by atoms with van der Waals surface area (Å²) in [6.45, 7) is 15.8. The van der Waals surface area contributed by atoms with Gasteiger partial charge in [0, 0.05) is 25.9 Å². The Bertz CT molecular complexity index is 727. The van der Waals surface area contributed by atoms with Crippen LogP contribution < -0.4 is 0 Å². The lowest BCUT2D eigenvalue weighted by Gasteiger charge is -2.25. The van der Waals surface area contributed by atoms with Crippen molar-refractivity contribution in [2.75, 3.05) is 46.4 Å². The predicted molar refractivity (Wildman–Crippen MR) is 188 cm³/mol. The smallest absolute Gasteiger partial charge is 0.308 e. The van der Waals surface area contributed by atoms with Gasteiger partial charge >= 0.3 is 11.9 Å². The third-order valence-corrected chi connectivity index (χ3v) is 8.52. The largest absolute Gasteiger partial charge is 0.464 e. The summed E-state index contributed by atoms with van der Waals surface area (Å²) in [5.74, 6) is 0.876. The average Bonchev–Trinajstić information content (AvgIpc) is 2.99. The normalized spacial score (nSPS) is 12.2. The Balaban J connectivity index is 4.90. The van der Waals surface area contributed by atoms with Crippen molar-refractivity contribution >= 4 is 17.8 Å². The molecule has 0 saturated heterocycles. The molecule has 0 bridgehead atoms. The van der Waals surface area contributed by atoms with Gasteiger partial charge in [0.25, 0.3) is 0 Å². The number of nitrogens with zero attached hydrogens (tertiary/aromatic N) is 2. The van der Waals surface area contributed by atoms with E-state index in [1.807, 2.05) is 7.05 Å². The Labute approximate surface area is 278 Å². The number of carbonyl (C=O) groups excluding carboxylic acids is 3. The van der Waals surface area contributed by atoms with E-state index >= 15 is 0 Å². The van der Waals surface area contributed by atoms with Gasteiger partial charge in [-0.2, -0.15) is 0 Å². The summed E-state index contributed by atoms with van der Waals surface area (Å²) in [5.41, 5.74) is 0. The van der Waals surface area contributed by atoms with Crippen molar-refractivity contribution < 1.29 is 23.9 Å². The van der Waals surface area contributed by atoms with E-state index in [0.29, 0.717) is 38.4 Å². The zero-order chi connectivity index (χ0) is 33.7. The summed E-state index contributed by atoms with van der Waals surface area (Å²) in [6.07, 6.45) is 19.9. The maximum absolute atomic E-state index is 13.2. The van der Waals surface area contributed by atoms with Gasteiger partial charge in [-0.1, -0.05) is 131 Å². The summed E-state index contributed by atoms with van der Waals surface area (Å²) < 4.78 is 11.3. The minimum Gasteiger partial charge on any atom is -0.464 e. The highest BCUT2D eigenvalue weighted by Crippen LogP contribution is 2.20. The lowest BCUT2D eigenvalue weighted by Crippen LogP contribution is -2.39. The molecule has 0 rings (SSSR count). The summed E-state index contributed by atoms with van der Waals surface area (Å²) >= 11 is 0. The van der Waals surface area contributed by atoms with Crippen LogP contribution in [0.25, 0.3) is 0 Å². The molecule has 0 fully saturated rings. The van der Waals surface area contributed by atoms with Crippen molar-refractivity contribution in [1.82, 2.24) is 9.80 Å². The standard InChI is InChI=1S/C38H74N2O5/c1-8-10-12-14-15-20-24-35(23-19-13-11-9-2)38(43)45-31-29-40(36(41)26-27-39(7)32-34(5)6)28-30-44-37(42)25-21-17-16-18-22-33(3)4/h33-35H,8-32H2,1-7H3. The minimum atomic E-state index is -0.199. The van der Waals surface area contributed by atoms with Gasteiger partial charge in [-0.05, 0) is 38.1 Å². The molecule has 0 aliphatic heterocycles. The second-order valence-electron chi connectivity index (χ2n) is 14.1. The first-order chi connectivity index (χ1) is 21.6. The highest BCUT2D eigenvalue weighted by molar-refractivity contribution is 5.76. The molecule has 0 aromatic rings. The molecule has 1 amide bonds. The SMILES string of the molecule is CCCCCCCCC(CCCCCC)C(=O)OCCN(CCOC(=O)CCCCCCC(C)C)C(=O)CCN(C)CC(C)C. The molecule has 45 heavy (non-hydrogen) atoms. The Morgan fingerprint density at radius 1 is 0.578 bits per heavy atom. The Kier molecular flexibility index (Phi) is 28.7. The predicted octanol–water partition coefficient (Wildman–Crippen LogP) is 9.21. The minimum absolute atomic E-state index is 0.00560. The van der Waals surface area contributed by atoms with Crippen molar-refractivity contribution in [2.45, 2.75) is 164 Å². The second-order valence-corrected chi connectivity index (χ2v) is 14.1. The molecule has 0 spiro atoms. The first kappa shape index (κ1) is 43.4. The average molecular weight is 639 g/mol. The molecule has 0 aliphatic carbocycles. The van der Waals surface area contributed by atoms with E-state index in [1.165, 1.54) is 57.8 Å². The fourth-order valence-electron chi connectivity index (χ4n) is 5.78. The van der Waals surface area contributed by atoms with Crippen LogP contribution in [-0.4, -0.2) is 74.1 Å². The molecule has 0 saturated carbocycles. The zero-order valence-electron chi connectivity index (χ0n) is 30.8. The maximum Gasteiger partial charge on any atom is 0.308 e. The van der Waals surface area contributed by atoms with Crippen LogP contribution >= 0.6 is 0 Å². The molecular weight excluding hydrogens is 564 g/mol. The quantitative estimate of drug-likeness (QED) is 0.0557. The van der Waals surface area contributed by atoms with Crippen molar-refractivity contribution in [3.05, 3.63) is 0 Å². The molecule has 0 aromatic carbocycles. The van der Waals surface area contributed by atoms with E-state index in [4.69, 9.17) is 9.47 Å². The first-order valence-corrected chi connectivity index (χ1v) is 18.9. The van der Waals surface area contributed by atoms with Crippen LogP contribution in [0.1, 0.15) is 164 Å². The molecule has 7 nitrogen and oxygen atoms in total. The monoisotopic (exact) mass is 639 g/mol. The number of hydrogen-bond donors (Lipinski definition) is 0. The van der Waals surface area contributed by atoms with E-state index in [9.17, 15) is 14.4 Å². The molecule has 1 atom stereocenters. The van der Waals surface area contributed by atoms with Gasteiger partial charge in [-0.25, -0.2) is 0 Å². The van der Waals surface area contributed by atoms with Crippen LogP contribution in [0, 0.1) is 17.8 Å².